The minimum absolute atomic E-state index is 0.0357. The highest BCUT2D eigenvalue weighted by Gasteiger charge is 2.24. The molecular weight excluding hydrogens is 168 g/mol. The number of anilines is 1. The van der Waals surface area contributed by atoms with Crippen LogP contribution in [0.25, 0.3) is 0 Å². The van der Waals surface area contributed by atoms with Crippen LogP contribution in [0, 0.1) is 5.92 Å². The number of hydrogen-bond acceptors (Lipinski definition) is 4. The summed E-state index contributed by atoms with van der Waals surface area (Å²) in [6.07, 6.45) is 4.59. The average molecular weight is 178 g/mol. The second-order valence-electron chi connectivity index (χ2n) is 2.97. The van der Waals surface area contributed by atoms with Gasteiger partial charge in [-0.15, -0.1) is 0 Å². The molecule has 2 rings (SSSR count). The van der Waals surface area contributed by atoms with Crippen LogP contribution in [0.4, 0.5) is 5.69 Å². The van der Waals surface area contributed by atoms with Crippen LogP contribution in [0.15, 0.2) is 18.7 Å². The van der Waals surface area contributed by atoms with Gasteiger partial charge < -0.3 is 10.6 Å². The normalized spacial score (nSPS) is 16.3. The molecule has 68 valence electrons. The van der Waals surface area contributed by atoms with Crippen molar-refractivity contribution in [1.29, 1.82) is 0 Å². The second kappa shape index (κ2) is 3.49. The van der Waals surface area contributed by atoms with Gasteiger partial charge in [0.2, 0.25) is 5.91 Å². The lowest BCUT2D eigenvalue weighted by Gasteiger charge is -2.25. The number of carbonyl (C=O) groups excluding carboxylic acids is 1. The zero-order chi connectivity index (χ0) is 9.10. The maximum absolute atomic E-state index is 11.4. The third kappa shape index (κ3) is 1.81. The number of nitrogens with one attached hydrogen (secondary N) is 2. The van der Waals surface area contributed by atoms with E-state index < -0.39 is 0 Å². The fourth-order valence-electron chi connectivity index (χ4n) is 1.08. The van der Waals surface area contributed by atoms with Crippen molar-refractivity contribution in [2.24, 2.45) is 5.92 Å². The van der Waals surface area contributed by atoms with Crippen LogP contribution in [-0.2, 0) is 4.79 Å². The quantitative estimate of drug-likeness (QED) is 0.648. The van der Waals surface area contributed by atoms with Crippen molar-refractivity contribution in [2.45, 2.75) is 0 Å². The van der Waals surface area contributed by atoms with E-state index in [0.717, 1.165) is 13.1 Å². The molecule has 13 heavy (non-hydrogen) atoms. The van der Waals surface area contributed by atoms with Gasteiger partial charge in [0, 0.05) is 13.1 Å². The summed E-state index contributed by atoms with van der Waals surface area (Å²) in [4.78, 5) is 19.0. The first-order chi connectivity index (χ1) is 6.36. The Morgan fingerprint density at radius 3 is 2.69 bits per heavy atom. The maximum Gasteiger partial charge on any atom is 0.230 e. The van der Waals surface area contributed by atoms with Gasteiger partial charge in [-0.2, -0.15) is 0 Å². The molecule has 1 aromatic heterocycles. The molecule has 0 spiro atoms. The molecule has 1 fully saturated rings. The largest absolute Gasteiger partial charge is 0.323 e. The molecule has 0 unspecified atom stereocenters. The lowest BCUT2D eigenvalue weighted by atomic mass is 10.0. The molecule has 1 amide bonds. The van der Waals surface area contributed by atoms with Crippen LogP contribution >= 0.6 is 0 Å². The molecule has 5 nitrogen and oxygen atoms in total. The second-order valence-corrected chi connectivity index (χ2v) is 2.97. The van der Waals surface area contributed by atoms with Crippen LogP contribution in [-0.4, -0.2) is 29.0 Å². The van der Waals surface area contributed by atoms with Gasteiger partial charge in [0.1, 0.15) is 6.33 Å². The highest BCUT2D eigenvalue weighted by molar-refractivity contribution is 5.93. The third-order valence-corrected chi connectivity index (χ3v) is 1.98. The van der Waals surface area contributed by atoms with Crippen molar-refractivity contribution in [2.75, 3.05) is 18.4 Å². The van der Waals surface area contributed by atoms with Crippen LogP contribution < -0.4 is 10.6 Å². The average Bonchev–Trinajstić information content (AvgIpc) is 2.02. The Kier molecular flexibility index (Phi) is 2.18. The lowest BCUT2D eigenvalue weighted by molar-refractivity contribution is -0.121. The predicted molar refractivity (Wildman–Crippen MR) is 47.0 cm³/mol. The number of amides is 1. The molecule has 1 aromatic rings. The smallest absolute Gasteiger partial charge is 0.230 e. The molecule has 0 aromatic carbocycles. The summed E-state index contributed by atoms with van der Waals surface area (Å²) in [6.45, 7) is 1.53. The molecule has 1 aliphatic heterocycles. The van der Waals surface area contributed by atoms with E-state index in [2.05, 4.69) is 20.6 Å². The molecule has 0 aliphatic carbocycles. The Labute approximate surface area is 75.6 Å². The van der Waals surface area contributed by atoms with Crippen LogP contribution in [0.5, 0.6) is 0 Å². The minimum atomic E-state index is 0.0357. The van der Waals surface area contributed by atoms with Gasteiger partial charge in [0.15, 0.2) is 0 Å². The highest BCUT2D eigenvalue weighted by Crippen LogP contribution is 2.07. The molecule has 2 heterocycles. The first-order valence-electron chi connectivity index (χ1n) is 4.13. The van der Waals surface area contributed by atoms with Gasteiger partial charge in [0.05, 0.1) is 24.0 Å². The number of hydrogen-bond donors (Lipinski definition) is 2. The van der Waals surface area contributed by atoms with Gasteiger partial charge in [-0.25, -0.2) is 9.97 Å². The van der Waals surface area contributed by atoms with E-state index in [-0.39, 0.29) is 11.8 Å². The topological polar surface area (TPSA) is 66.9 Å². The summed E-state index contributed by atoms with van der Waals surface area (Å²) < 4.78 is 0. The van der Waals surface area contributed by atoms with E-state index in [9.17, 15) is 4.79 Å². The fraction of sp³-hybridized carbons (Fsp3) is 0.375. The molecule has 1 saturated heterocycles. The SMILES string of the molecule is O=C(Nc1cncnc1)C1CNC1. The zero-order valence-corrected chi connectivity index (χ0v) is 7.03. The lowest BCUT2D eigenvalue weighted by Crippen LogP contribution is -2.48. The van der Waals surface area contributed by atoms with E-state index in [0.29, 0.717) is 5.69 Å². The Balaban J connectivity index is 1.94. The number of nitrogens with zero attached hydrogens (tertiary/aromatic N) is 2. The third-order valence-electron chi connectivity index (χ3n) is 1.98. The molecule has 0 bridgehead atoms. The van der Waals surface area contributed by atoms with E-state index in [1.165, 1.54) is 6.33 Å². The Bertz CT molecular complexity index is 296. The molecule has 0 saturated carbocycles. The number of aromatic nitrogens is 2. The van der Waals surface area contributed by atoms with Crippen molar-refractivity contribution >= 4 is 11.6 Å². The maximum atomic E-state index is 11.4. The first kappa shape index (κ1) is 8.12. The molecule has 2 N–H and O–H groups in total. The molecule has 0 atom stereocenters. The molecule has 5 heteroatoms. The minimum Gasteiger partial charge on any atom is -0.323 e. The summed E-state index contributed by atoms with van der Waals surface area (Å²) in [6, 6.07) is 0. The first-order valence-corrected chi connectivity index (χ1v) is 4.13. The monoisotopic (exact) mass is 178 g/mol. The Morgan fingerprint density at radius 1 is 1.46 bits per heavy atom. The summed E-state index contributed by atoms with van der Waals surface area (Å²) >= 11 is 0. The van der Waals surface area contributed by atoms with Gasteiger partial charge in [-0.05, 0) is 0 Å². The van der Waals surface area contributed by atoms with Crippen molar-refractivity contribution < 1.29 is 4.79 Å². The van der Waals surface area contributed by atoms with E-state index in [4.69, 9.17) is 0 Å². The van der Waals surface area contributed by atoms with Gasteiger partial charge in [0.25, 0.3) is 0 Å². The van der Waals surface area contributed by atoms with E-state index >= 15 is 0 Å². The van der Waals surface area contributed by atoms with Crippen molar-refractivity contribution in [3.05, 3.63) is 18.7 Å². The van der Waals surface area contributed by atoms with Gasteiger partial charge in [-0.1, -0.05) is 0 Å². The van der Waals surface area contributed by atoms with Crippen LogP contribution in [0.2, 0.25) is 0 Å². The molecular formula is C8H10N4O. The van der Waals surface area contributed by atoms with Gasteiger partial charge in [-0.3, -0.25) is 4.79 Å². The Morgan fingerprint density at radius 2 is 2.15 bits per heavy atom. The van der Waals surface area contributed by atoms with E-state index in [1.807, 2.05) is 0 Å². The summed E-state index contributed by atoms with van der Waals surface area (Å²) in [5.74, 6) is 0.133. The van der Waals surface area contributed by atoms with Crippen LogP contribution in [0.3, 0.4) is 0 Å². The molecule has 0 radical (unpaired) electrons. The standard InChI is InChI=1S/C8H10N4O/c13-8(6-1-9-2-6)12-7-3-10-5-11-4-7/h3-6,9H,1-2H2,(H,12,13). The number of rotatable bonds is 2. The van der Waals surface area contributed by atoms with Gasteiger partial charge >= 0.3 is 0 Å². The van der Waals surface area contributed by atoms with Crippen molar-refractivity contribution in [1.82, 2.24) is 15.3 Å². The van der Waals surface area contributed by atoms with E-state index in [1.54, 1.807) is 12.4 Å². The van der Waals surface area contributed by atoms with Crippen molar-refractivity contribution in [3.63, 3.8) is 0 Å². The summed E-state index contributed by atoms with van der Waals surface area (Å²) in [7, 11) is 0. The summed E-state index contributed by atoms with van der Waals surface area (Å²) in [5, 5.41) is 5.78. The molecule has 1 aliphatic rings. The zero-order valence-electron chi connectivity index (χ0n) is 7.03. The fourth-order valence-corrected chi connectivity index (χ4v) is 1.08. The van der Waals surface area contributed by atoms with Crippen LogP contribution in [0.1, 0.15) is 0 Å². The summed E-state index contributed by atoms with van der Waals surface area (Å²) in [5.41, 5.74) is 0.652. The highest BCUT2D eigenvalue weighted by atomic mass is 16.2. The number of carbonyl (C=O) groups is 1. The van der Waals surface area contributed by atoms with Crippen molar-refractivity contribution in [3.8, 4) is 0 Å². The Hall–Kier alpha value is -1.49. The predicted octanol–water partition coefficient (Wildman–Crippen LogP) is -0.365.